The van der Waals surface area contributed by atoms with Crippen LogP contribution in [0.5, 0.6) is 5.75 Å². The summed E-state index contributed by atoms with van der Waals surface area (Å²) >= 11 is 3.44. The van der Waals surface area contributed by atoms with Gasteiger partial charge in [0.2, 0.25) is 0 Å². The Morgan fingerprint density at radius 1 is 1.26 bits per heavy atom. The van der Waals surface area contributed by atoms with E-state index in [1.807, 2.05) is 26.0 Å². The highest BCUT2D eigenvalue weighted by molar-refractivity contribution is 9.10. The molecule has 0 amide bonds. The van der Waals surface area contributed by atoms with Crippen molar-refractivity contribution in [2.75, 3.05) is 6.61 Å². The van der Waals surface area contributed by atoms with Crippen LogP contribution >= 0.6 is 15.9 Å². The molecule has 0 spiro atoms. The number of amidine groups is 1. The Bertz CT molecular complexity index is 733. The molecule has 7 heteroatoms. The SMILES string of the molecule is Cc1cc(OCC(=O)O/N=C(\N)c2ccncc2)c(C)cc1Br. The molecule has 0 unspecified atom stereocenters. The van der Waals surface area contributed by atoms with Crippen LogP contribution in [0.15, 0.2) is 46.3 Å². The van der Waals surface area contributed by atoms with Gasteiger partial charge < -0.3 is 15.3 Å². The zero-order valence-corrected chi connectivity index (χ0v) is 14.3. The van der Waals surface area contributed by atoms with Crippen LogP contribution in [0.1, 0.15) is 16.7 Å². The van der Waals surface area contributed by atoms with Crippen molar-refractivity contribution in [1.82, 2.24) is 4.98 Å². The van der Waals surface area contributed by atoms with E-state index < -0.39 is 5.97 Å². The number of benzene rings is 1. The Kier molecular flexibility index (Phi) is 5.70. The molecule has 1 heterocycles. The number of carbonyl (C=O) groups excluding carboxylic acids is 1. The molecule has 2 aromatic rings. The molecule has 0 bridgehead atoms. The van der Waals surface area contributed by atoms with Gasteiger partial charge in [-0.3, -0.25) is 4.98 Å². The molecule has 0 saturated carbocycles. The Morgan fingerprint density at radius 2 is 1.96 bits per heavy atom. The average molecular weight is 378 g/mol. The monoisotopic (exact) mass is 377 g/mol. The molecule has 0 atom stereocenters. The van der Waals surface area contributed by atoms with Crippen molar-refractivity contribution in [3.63, 3.8) is 0 Å². The third kappa shape index (κ3) is 4.79. The summed E-state index contributed by atoms with van der Waals surface area (Å²) in [4.78, 5) is 20.3. The number of hydrogen-bond acceptors (Lipinski definition) is 5. The summed E-state index contributed by atoms with van der Waals surface area (Å²) in [5.74, 6) is 0.0760. The van der Waals surface area contributed by atoms with E-state index in [0.717, 1.165) is 15.6 Å². The zero-order chi connectivity index (χ0) is 16.8. The summed E-state index contributed by atoms with van der Waals surface area (Å²) in [6.45, 7) is 3.58. The molecule has 0 aliphatic carbocycles. The van der Waals surface area contributed by atoms with Crippen molar-refractivity contribution in [1.29, 1.82) is 0 Å². The van der Waals surface area contributed by atoms with E-state index in [2.05, 4.69) is 26.1 Å². The topological polar surface area (TPSA) is 86.8 Å². The number of nitrogens with two attached hydrogens (primary N) is 1. The lowest BCUT2D eigenvalue weighted by molar-refractivity contribution is -0.146. The van der Waals surface area contributed by atoms with E-state index in [1.54, 1.807) is 24.5 Å². The van der Waals surface area contributed by atoms with Crippen LogP contribution in [-0.2, 0) is 9.63 Å². The number of aromatic nitrogens is 1. The number of nitrogens with zero attached hydrogens (tertiary/aromatic N) is 2. The second-order valence-electron chi connectivity index (χ2n) is 4.83. The van der Waals surface area contributed by atoms with E-state index in [-0.39, 0.29) is 12.4 Å². The van der Waals surface area contributed by atoms with Crippen LogP contribution in [0.25, 0.3) is 0 Å². The molecule has 2 N–H and O–H groups in total. The molecule has 0 saturated heterocycles. The zero-order valence-electron chi connectivity index (χ0n) is 12.7. The van der Waals surface area contributed by atoms with Gasteiger partial charge in [0.15, 0.2) is 12.4 Å². The van der Waals surface area contributed by atoms with Gasteiger partial charge in [0, 0.05) is 22.4 Å². The minimum atomic E-state index is -0.637. The van der Waals surface area contributed by atoms with Crippen LogP contribution in [-0.4, -0.2) is 23.4 Å². The average Bonchev–Trinajstić information content (AvgIpc) is 2.55. The highest BCUT2D eigenvalue weighted by atomic mass is 79.9. The molecule has 6 nitrogen and oxygen atoms in total. The number of pyridine rings is 1. The van der Waals surface area contributed by atoms with Gasteiger partial charge in [-0.05, 0) is 49.2 Å². The predicted octanol–water partition coefficient (Wildman–Crippen LogP) is 2.70. The van der Waals surface area contributed by atoms with Crippen molar-refractivity contribution in [3.8, 4) is 5.75 Å². The van der Waals surface area contributed by atoms with E-state index in [4.69, 9.17) is 15.3 Å². The lowest BCUT2D eigenvalue weighted by Gasteiger charge is -2.10. The normalized spacial score (nSPS) is 11.2. The largest absolute Gasteiger partial charge is 0.482 e. The first-order valence-corrected chi connectivity index (χ1v) is 7.60. The van der Waals surface area contributed by atoms with Crippen LogP contribution < -0.4 is 10.5 Å². The summed E-state index contributed by atoms with van der Waals surface area (Å²) in [5, 5.41) is 3.59. The van der Waals surface area contributed by atoms with Crippen molar-refractivity contribution >= 4 is 27.7 Å². The second-order valence-corrected chi connectivity index (χ2v) is 5.69. The molecule has 0 fully saturated rings. The van der Waals surface area contributed by atoms with Crippen LogP contribution in [0, 0.1) is 13.8 Å². The van der Waals surface area contributed by atoms with Gasteiger partial charge in [0.1, 0.15) is 5.75 Å². The molecule has 0 aliphatic rings. The van der Waals surface area contributed by atoms with E-state index in [0.29, 0.717) is 11.3 Å². The van der Waals surface area contributed by atoms with E-state index >= 15 is 0 Å². The Hall–Kier alpha value is -2.41. The third-order valence-electron chi connectivity index (χ3n) is 3.02. The lowest BCUT2D eigenvalue weighted by Crippen LogP contribution is -2.18. The maximum atomic E-state index is 11.7. The third-order valence-corrected chi connectivity index (χ3v) is 3.88. The maximum Gasteiger partial charge on any atom is 0.372 e. The summed E-state index contributed by atoms with van der Waals surface area (Å²) in [7, 11) is 0. The standard InChI is InChI=1S/C16H16BrN3O3/c1-10-8-14(11(2)7-13(10)17)22-9-15(21)23-20-16(18)12-3-5-19-6-4-12/h3-8H,9H2,1-2H3,(H2,18,20). The minimum Gasteiger partial charge on any atom is -0.482 e. The summed E-state index contributed by atoms with van der Waals surface area (Å²) < 4.78 is 6.44. The Morgan fingerprint density at radius 3 is 2.65 bits per heavy atom. The number of halogens is 1. The summed E-state index contributed by atoms with van der Waals surface area (Å²) in [6, 6.07) is 7.10. The molecule has 23 heavy (non-hydrogen) atoms. The maximum absolute atomic E-state index is 11.7. The molecular weight excluding hydrogens is 362 g/mol. The van der Waals surface area contributed by atoms with E-state index in [1.165, 1.54) is 0 Å². The van der Waals surface area contributed by atoms with Crippen molar-refractivity contribution in [2.24, 2.45) is 10.9 Å². The fraction of sp³-hybridized carbons (Fsp3) is 0.188. The second kappa shape index (κ2) is 7.73. The summed E-state index contributed by atoms with van der Waals surface area (Å²) in [5.41, 5.74) is 8.25. The number of carbonyl (C=O) groups is 1. The number of ether oxygens (including phenoxy) is 1. The van der Waals surface area contributed by atoms with E-state index in [9.17, 15) is 4.79 Å². The Labute approximate surface area is 142 Å². The summed E-state index contributed by atoms with van der Waals surface area (Å²) in [6.07, 6.45) is 3.14. The van der Waals surface area contributed by atoms with Gasteiger partial charge in [-0.2, -0.15) is 0 Å². The predicted molar refractivity (Wildman–Crippen MR) is 90.2 cm³/mol. The smallest absolute Gasteiger partial charge is 0.372 e. The van der Waals surface area contributed by atoms with Crippen molar-refractivity contribution in [3.05, 3.63) is 57.8 Å². The number of hydrogen-bond donors (Lipinski definition) is 1. The number of rotatable bonds is 5. The fourth-order valence-corrected chi connectivity index (χ4v) is 2.21. The minimum absolute atomic E-state index is 0.0939. The first-order chi connectivity index (χ1) is 11.0. The van der Waals surface area contributed by atoms with Gasteiger partial charge in [-0.15, -0.1) is 0 Å². The number of aryl methyl sites for hydroxylation is 2. The van der Waals surface area contributed by atoms with Gasteiger partial charge in [-0.1, -0.05) is 21.1 Å². The highest BCUT2D eigenvalue weighted by Gasteiger charge is 2.09. The molecule has 120 valence electrons. The molecule has 2 rings (SSSR count). The highest BCUT2D eigenvalue weighted by Crippen LogP contribution is 2.26. The fourth-order valence-electron chi connectivity index (χ4n) is 1.75. The van der Waals surface area contributed by atoms with Crippen LogP contribution in [0.4, 0.5) is 0 Å². The van der Waals surface area contributed by atoms with Gasteiger partial charge >= 0.3 is 5.97 Å². The van der Waals surface area contributed by atoms with Crippen molar-refractivity contribution < 1.29 is 14.4 Å². The number of oxime groups is 1. The van der Waals surface area contributed by atoms with Crippen LogP contribution in [0.2, 0.25) is 0 Å². The molecule has 0 aliphatic heterocycles. The quantitative estimate of drug-likeness (QED) is 0.374. The first kappa shape index (κ1) is 17.0. The Balaban J connectivity index is 1.92. The van der Waals surface area contributed by atoms with Gasteiger partial charge in [0.25, 0.3) is 0 Å². The molecule has 0 radical (unpaired) electrons. The van der Waals surface area contributed by atoms with Gasteiger partial charge in [0.05, 0.1) is 0 Å². The molecule has 1 aromatic carbocycles. The molecular formula is C16H16BrN3O3. The molecule has 1 aromatic heterocycles. The van der Waals surface area contributed by atoms with Crippen LogP contribution in [0.3, 0.4) is 0 Å². The first-order valence-electron chi connectivity index (χ1n) is 6.80. The van der Waals surface area contributed by atoms with Gasteiger partial charge in [-0.25, -0.2) is 4.79 Å². The lowest BCUT2D eigenvalue weighted by atomic mass is 10.1. The van der Waals surface area contributed by atoms with Crippen molar-refractivity contribution in [2.45, 2.75) is 13.8 Å².